The molecular formula is C15H33NO4Si. The fourth-order valence-electron chi connectivity index (χ4n) is 1.49. The Morgan fingerprint density at radius 2 is 1.67 bits per heavy atom. The molecular weight excluding hydrogens is 286 g/mol. The van der Waals surface area contributed by atoms with Crippen LogP contribution in [0.1, 0.15) is 48.5 Å². The smallest absolute Gasteiger partial charge is 0.408 e. The first-order chi connectivity index (χ1) is 9.19. The summed E-state index contributed by atoms with van der Waals surface area (Å²) in [6, 6.07) is -0.478. The molecule has 0 saturated carbocycles. The van der Waals surface area contributed by atoms with Gasteiger partial charge in [-0.25, -0.2) is 4.79 Å². The van der Waals surface area contributed by atoms with Gasteiger partial charge in [-0.1, -0.05) is 20.8 Å². The molecule has 0 heterocycles. The maximum atomic E-state index is 11.8. The van der Waals surface area contributed by atoms with E-state index < -0.39 is 26.1 Å². The van der Waals surface area contributed by atoms with Crippen LogP contribution >= 0.6 is 0 Å². The molecule has 126 valence electrons. The van der Waals surface area contributed by atoms with Crippen LogP contribution in [0.15, 0.2) is 0 Å². The number of nitrogens with one attached hydrogen (secondary N) is 1. The quantitative estimate of drug-likeness (QED) is 0.763. The third-order valence-electron chi connectivity index (χ3n) is 3.75. The van der Waals surface area contributed by atoms with Crippen molar-refractivity contribution in [1.82, 2.24) is 5.32 Å². The van der Waals surface area contributed by atoms with Crippen LogP contribution in [-0.2, 0) is 9.16 Å². The molecule has 0 radical (unpaired) electrons. The van der Waals surface area contributed by atoms with E-state index in [9.17, 15) is 9.90 Å². The van der Waals surface area contributed by atoms with Gasteiger partial charge in [0.05, 0.1) is 18.8 Å². The summed E-state index contributed by atoms with van der Waals surface area (Å²) in [5.41, 5.74) is -0.562. The Hall–Kier alpha value is -0.593. The molecule has 0 aliphatic rings. The minimum Gasteiger partial charge on any atom is -0.444 e. The van der Waals surface area contributed by atoms with E-state index in [0.29, 0.717) is 0 Å². The van der Waals surface area contributed by atoms with E-state index in [0.717, 1.165) is 0 Å². The van der Waals surface area contributed by atoms with E-state index in [4.69, 9.17) is 9.16 Å². The number of aliphatic hydroxyl groups is 1. The van der Waals surface area contributed by atoms with Gasteiger partial charge in [0, 0.05) is 0 Å². The lowest BCUT2D eigenvalue weighted by atomic mass is 10.2. The Bertz CT molecular complexity index is 345. The lowest BCUT2D eigenvalue weighted by Gasteiger charge is -2.40. The van der Waals surface area contributed by atoms with Crippen LogP contribution in [0.2, 0.25) is 18.1 Å². The van der Waals surface area contributed by atoms with Crippen molar-refractivity contribution in [3.8, 4) is 0 Å². The second kappa shape index (κ2) is 7.11. The standard InChI is InChI=1S/C15H33NO4Si/c1-11(20-21(8,9)15(5,6)7)12(10-17)16-13(18)19-14(2,3)4/h11-12,17H,10H2,1-9H3,(H,16,18)/t11-,12+/m0/s1. The Labute approximate surface area is 130 Å². The van der Waals surface area contributed by atoms with Crippen LogP contribution in [0.3, 0.4) is 0 Å². The van der Waals surface area contributed by atoms with Crippen molar-refractivity contribution in [2.45, 2.75) is 84.3 Å². The van der Waals surface area contributed by atoms with Gasteiger partial charge >= 0.3 is 6.09 Å². The lowest BCUT2D eigenvalue weighted by molar-refractivity contribution is 0.0391. The number of rotatable bonds is 5. The zero-order valence-electron chi connectivity index (χ0n) is 15.0. The van der Waals surface area contributed by atoms with Crippen molar-refractivity contribution in [3.63, 3.8) is 0 Å². The largest absolute Gasteiger partial charge is 0.444 e. The number of aliphatic hydroxyl groups excluding tert-OH is 1. The average molecular weight is 320 g/mol. The number of amides is 1. The molecule has 0 rings (SSSR count). The zero-order valence-corrected chi connectivity index (χ0v) is 16.0. The second-order valence-electron chi connectivity index (χ2n) is 8.02. The SMILES string of the molecule is C[C@H](O[Si](C)(C)C(C)(C)C)[C@@H](CO)NC(=O)OC(C)(C)C. The summed E-state index contributed by atoms with van der Waals surface area (Å²) in [6.45, 7) is 17.8. The third kappa shape index (κ3) is 7.29. The molecule has 0 aromatic carbocycles. The van der Waals surface area contributed by atoms with Crippen molar-refractivity contribution in [2.24, 2.45) is 0 Å². The maximum Gasteiger partial charge on any atom is 0.408 e. The Morgan fingerprint density at radius 3 is 2.00 bits per heavy atom. The normalized spacial score (nSPS) is 16.3. The zero-order chi connectivity index (χ0) is 17.1. The van der Waals surface area contributed by atoms with Gasteiger partial charge < -0.3 is 19.6 Å². The predicted octanol–water partition coefficient (Wildman–Crippen LogP) is 3.28. The monoisotopic (exact) mass is 319 g/mol. The van der Waals surface area contributed by atoms with Gasteiger partial charge in [-0.3, -0.25) is 0 Å². The van der Waals surface area contributed by atoms with E-state index in [1.807, 2.05) is 6.92 Å². The molecule has 0 aliphatic heterocycles. The Kier molecular flexibility index (Phi) is 6.91. The fraction of sp³-hybridized carbons (Fsp3) is 0.933. The number of carbonyl (C=O) groups excluding carboxylic acids is 1. The topological polar surface area (TPSA) is 67.8 Å². The molecule has 2 N–H and O–H groups in total. The highest BCUT2D eigenvalue weighted by atomic mass is 28.4. The predicted molar refractivity (Wildman–Crippen MR) is 88.0 cm³/mol. The van der Waals surface area contributed by atoms with Crippen LogP contribution < -0.4 is 5.32 Å². The summed E-state index contributed by atoms with van der Waals surface area (Å²) >= 11 is 0. The highest BCUT2D eigenvalue weighted by molar-refractivity contribution is 6.74. The fourth-order valence-corrected chi connectivity index (χ4v) is 2.94. The molecule has 0 fully saturated rings. The summed E-state index contributed by atoms with van der Waals surface area (Å²) in [6.07, 6.45) is -0.810. The molecule has 6 heteroatoms. The third-order valence-corrected chi connectivity index (χ3v) is 8.33. The van der Waals surface area contributed by atoms with Crippen molar-refractivity contribution >= 4 is 14.4 Å². The molecule has 0 aliphatic carbocycles. The van der Waals surface area contributed by atoms with E-state index in [2.05, 4.69) is 39.2 Å². The number of hydrogen-bond acceptors (Lipinski definition) is 4. The summed E-state index contributed by atoms with van der Waals surface area (Å²) in [4.78, 5) is 11.8. The highest BCUT2D eigenvalue weighted by Gasteiger charge is 2.40. The highest BCUT2D eigenvalue weighted by Crippen LogP contribution is 2.37. The van der Waals surface area contributed by atoms with Gasteiger partial charge in [0.2, 0.25) is 0 Å². The average Bonchev–Trinajstić information content (AvgIpc) is 2.20. The van der Waals surface area contributed by atoms with Crippen LogP contribution in [0.4, 0.5) is 4.79 Å². The number of hydrogen-bond donors (Lipinski definition) is 2. The van der Waals surface area contributed by atoms with Crippen molar-refractivity contribution < 1.29 is 19.1 Å². The van der Waals surface area contributed by atoms with E-state index in [1.54, 1.807) is 20.8 Å². The summed E-state index contributed by atoms with van der Waals surface area (Å²) < 4.78 is 11.4. The van der Waals surface area contributed by atoms with Crippen LogP contribution in [0.5, 0.6) is 0 Å². The molecule has 0 spiro atoms. The lowest BCUT2D eigenvalue weighted by Crippen LogP contribution is -2.52. The first-order valence-corrected chi connectivity index (χ1v) is 10.4. The molecule has 0 saturated heterocycles. The first-order valence-electron chi connectivity index (χ1n) is 7.48. The number of alkyl carbamates (subject to hydrolysis) is 1. The van der Waals surface area contributed by atoms with Gasteiger partial charge in [0.1, 0.15) is 5.60 Å². The number of carbonyl (C=O) groups is 1. The molecule has 0 unspecified atom stereocenters. The maximum absolute atomic E-state index is 11.8. The minimum atomic E-state index is -1.95. The van der Waals surface area contributed by atoms with Gasteiger partial charge in [-0.2, -0.15) is 0 Å². The van der Waals surface area contributed by atoms with Crippen molar-refractivity contribution in [3.05, 3.63) is 0 Å². The Balaban J connectivity index is 4.71. The molecule has 21 heavy (non-hydrogen) atoms. The van der Waals surface area contributed by atoms with Crippen LogP contribution in [0, 0.1) is 0 Å². The van der Waals surface area contributed by atoms with E-state index >= 15 is 0 Å². The summed E-state index contributed by atoms with van der Waals surface area (Å²) in [5, 5.41) is 12.3. The summed E-state index contributed by atoms with van der Waals surface area (Å²) in [5.74, 6) is 0. The van der Waals surface area contributed by atoms with Gasteiger partial charge in [-0.15, -0.1) is 0 Å². The molecule has 0 aromatic rings. The summed E-state index contributed by atoms with van der Waals surface area (Å²) in [7, 11) is -1.95. The minimum absolute atomic E-state index is 0.0766. The van der Waals surface area contributed by atoms with Crippen molar-refractivity contribution in [1.29, 1.82) is 0 Å². The first kappa shape index (κ1) is 20.4. The Morgan fingerprint density at radius 1 is 1.19 bits per heavy atom. The van der Waals surface area contributed by atoms with Gasteiger partial charge in [-0.05, 0) is 45.8 Å². The van der Waals surface area contributed by atoms with Gasteiger partial charge in [0.15, 0.2) is 8.32 Å². The van der Waals surface area contributed by atoms with Crippen LogP contribution in [-0.4, -0.2) is 43.9 Å². The van der Waals surface area contributed by atoms with E-state index in [-0.39, 0.29) is 17.7 Å². The van der Waals surface area contributed by atoms with Gasteiger partial charge in [0.25, 0.3) is 0 Å². The second-order valence-corrected chi connectivity index (χ2v) is 12.8. The molecule has 2 atom stereocenters. The molecule has 0 aromatic heterocycles. The molecule has 0 bridgehead atoms. The molecule has 1 amide bonds. The van der Waals surface area contributed by atoms with E-state index in [1.165, 1.54) is 0 Å². The number of ether oxygens (including phenoxy) is 1. The van der Waals surface area contributed by atoms with Crippen LogP contribution in [0.25, 0.3) is 0 Å². The molecule has 5 nitrogen and oxygen atoms in total. The van der Waals surface area contributed by atoms with Crippen molar-refractivity contribution in [2.75, 3.05) is 6.61 Å².